The largest absolute Gasteiger partial charge is 0.241 e. The number of aromatic nitrogens is 4. The van der Waals surface area contributed by atoms with Gasteiger partial charge in [-0.2, -0.15) is 0 Å². The highest BCUT2D eigenvalue weighted by atomic mass is 14.9. The lowest BCUT2D eigenvalue weighted by Gasteiger charge is -2.34. The average molecular weight is 433 g/mol. The Morgan fingerprint density at radius 2 is 1.06 bits per heavy atom. The molecule has 2 heterocycles. The second kappa shape index (κ2) is 12.6. The lowest BCUT2D eigenvalue weighted by Crippen LogP contribution is -2.26. The standard InChI is InChI=1S/2C14H20N2/c2*1-3-12-6-4-7-13(11(12)2)10-14-15-8-5-9-16-14/h2*3,5,8-9,11-13H,1,4,6-7,10H2,2H3/t2*11-,12+,13-/m10/s1. The van der Waals surface area contributed by atoms with Crippen LogP contribution in [-0.2, 0) is 12.8 Å². The Balaban J connectivity index is 0.000000181. The van der Waals surface area contributed by atoms with E-state index in [1.165, 1.54) is 38.5 Å². The maximum absolute atomic E-state index is 4.32. The molecule has 0 N–H and O–H groups in total. The zero-order chi connectivity index (χ0) is 22.8. The molecule has 2 saturated carbocycles. The number of hydrogen-bond donors (Lipinski definition) is 0. The summed E-state index contributed by atoms with van der Waals surface area (Å²) < 4.78 is 0. The number of hydrogen-bond acceptors (Lipinski definition) is 4. The van der Waals surface area contributed by atoms with Crippen LogP contribution in [-0.4, -0.2) is 19.9 Å². The maximum Gasteiger partial charge on any atom is 0.128 e. The van der Waals surface area contributed by atoms with Crippen LogP contribution in [0.15, 0.2) is 62.2 Å². The molecule has 0 unspecified atom stereocenters. The van der Waals surface area contributed by atoms with Gasteiger partial charge < -0.3 is 0 Å². The van der Waals surface area contributed by atoms with E-state index < -0.39 is 0 Å². The highest BCUT2D eigenvalue weighted by Crippen LogP contribution is 2.37. The molecule has 4 heteroatoms. The van der Waals surface area contributed by atoms with Crippen molar-refractivity contribution in [3.63, 3.8) is 0 Å². The fraction of sp³-hybridized carbons (Fsp3) is 0.571. The molecule has 0 amide bonds. The van der Waals surface area contributed by atoms with Gasteiger partial charge in [-0.15, -0.1) is 13.2 Å². The van der Waals surface area contributed by atoms with Crippen LogP contribution in [0.25, 0.3) is 0 Å². The Morgan fingerprint density at radius 3 is 1.41 bits per heavy atom. The summed E-state index contributed by atoms with van der Waals surface area (Å²) in [5.41, 5.74) is 0. The van der Waals surface area contributed by atoms with Crippen LogP contribution in [0.4, 0.5) is 0 Å². The molecule has 2 aromatic heterocycles. The summed E-state index contributed by atoms with van der Waals surface area (Å²) in [7, 11) is 0. The number of allylic oxidation sites excluding steroid dienone is 2. The second-order valence-electron chi connectivity index (χ2n) is 9.64. The first kappa shape index (κ1) is 24.3. The van der Waals surface area contributed by atoms with Gasteiger partial charge >= 0.3 is 0 Å². The lowest BCUT2D eigenvalue weighted by atomic mass is 9.72. The SMILES string of the molecule is C=C[C@@H]1CCC[C@@H](Cc2ncccn2)[C@H]1C.C=C[C@H]1CCC[C@H](Cc2ncccn2)[C@@H]1C. The van der Waals surface area contributed by atoms with Crippen molar-refractivity contribution in [1.82, 2.24) is 19.9 Å². The van der Waals surface area contributed by atoms with E-state index in [1.807, 2.05) is 36.9 Å². The topological polar surface area (TPSA) is 51.6 Å². The van der Waals surface area contributed by atoms with Gasteiger partial charge in [-0.1, -0.05) is 38.8 Å². The number of rotatable bonds is 6. The van der Waals surface area contributed by atoms with Gasteiger partial charge in [0.05, 0.1) is 0 Å². The molecule has 172 valence electrons. The molecule has 4 nitrogen and oxygen atoms in total. The molecule has 0 saturated heterocycles. The average Bonchev–Trinajstić information content (AvgIpc) is 2.83. The first-order chi connectivity index (χ1) is 15.6. The molecule has 0 spiro atoms. The highest BCUT2D eigenvalue weighted by molar-refractivity contribution is 4.97. The van der Waals surface area contributed by atoms with Gasteiger partial charge in [0, 0.05) is 37.6 Å². The molecule has 0 radical (unpaired) electrons. The molecule has 2 fully saturated rings. The molecule has 32 heavy (non-hydrogen) atoms. The van der Waals surface area contributed by atoms with Gasteiger partial charge in [-0.25, -0.2) is 19.9 Å². The van der Waals surface area contributed by atoms with E-state index in [1.54, 1.807) is 0 Å². The predicted octanol–water partition coefficient (Wildman–Crippen LogP) is 6.52. The zero-order valence-corrected chi connectivity index (χ0v) is 19.9. The van der Waals surface area contributed by atoms with E-state index in [9.17, 15) is 0 Å². The van der Waals surface area contributed by atoms with Crippen LogP contribution >= 0.6 is 0 Å². The summed E-state index contributed by atoms with van der Waals surface area (Å²) in [4.78, 5) is 17.3. The first-order valence-corrected chi connectivity index (χ1v) is 12.4. The Kier molecular flexibility index (Phi) is 9.58. The van der Waals surface area contributed by atoms with Crippen molar-refractivity contribution < 1.29 is 0 Å². The van der Waals surface area contributed by atoms with Crippen molar-refractivity contribution in [2.75, 3.05) is 0 Å². The summed E-state index contributed by atoms with van der Waals surface area (Å²) in [5, 5.41) is 0. The molecule has 6 atom stereocenters. The van der Waals surface area contributed by atoms with E-state index >= 15 is 0 Å². The van der Waals surface area contributed by atoms with Crippen molar-refractivity contribution in [3.8, 4) is 0 Å². The lowest BCUT2D eigenvalue weighted by molar-refractivity contribution is 0.199. The van der Waals surface area contributed by atoms with Gasteiger partial charge in [0.1, 0.15) is 11.6 Å². The van der Waals surface area contributed by atoms with E-state index in [-0.39, 0.29) is 0 Å². The maximum atomic E-state index is 4.32. The molecular formula is C28H40N4. The van der Waals surface area contributed by atoms with Gasteiger partial charge in [-0.05, 0) is 73.3 Å². The van der Waals surface area contributed by atoms with E-state index in [0.29, 0.717) is 11.8 Å². The van der Waals surface area contributed by atoms with Crippen LogP contribution < -0.4 is 0 Å². The third-order valence-electron chi connectivity index (χ3n) is 7.80. The highest BCUT2D eigenvalue weighted by Gasteiger charge is 2.29. The Hall–Kier alpha value is -2.36. The van der Waals surface area contributed by atoms with Crippen LogP contribution in [0.1, 0.15) is 64.0 Å². The molecule has 0 aliphatic heterocycles. The van der Waals surface area contributed by atoms with Crippen molar-refractivity contribution >= 4 is 0 Å². The summed E-state index contributed by atoms with van der Waals surface area (Å²) in [5.74, 6) is 6.22. The summed E-state index contributed by atoms with van der Waals surface area (Å²) in [6.07, 6.45) is 21.5. The fourth-order valence-corrected chi connectivity index (χ4v) is 5.56. The van der Waals surface area contributed by atoms with Crippen molar-refractivity contribution in [3.05, 3.63) is 73.9 Å². The molecule has 0 bridgehead atoms. The summed E-state index contributed by atoms with van der Waals surface area (Å²) in [6, 6.07) is 3.75. The van der Waals surface area contributed by atoms with E-state index in [4.69, 9.17) is 0 Å². The summed E-state index contributed by atoms with van der Waals surface area (Å²) >= 11 is 0. The zero-order valence-electron chi connectivity index (χ0n) is 19.9. The molecule has 2 aliphatic rings. The molecule has 2 aliphatic carbocycles. The van der Waals surface area contributed by atoms with Crippen LogP contribution in [0.3, 0.4) is 0 Å². The molecule has 0 aromatic carbocycles. The van der Waals surface area contributed by atoms with Crippen LogP contribution in [0.2, 0.25) is 0 Å². The minimum Gasteiger partial charge on any atom is -0.241 e. The van der Waals surface area contributed by atoms with Crippen molar-refractivity contribution in [1.29, 1.82) is 0 Å². The van der Waals surface area contributed by atoms with Crippen LogP contribution in [0.5, 0.6) is 0 Å². The minimum atomic E-state index is 0.683. The van der Waals surface area contributed by atoms with Crippen molar-refractivity contribution in [2.45, 2.75) is 65.2 Å². The quantitative estimate of drug-likeness (QED) is 0.488. The van der Waals surface area contributed by atoms with E-state index in [0.717, 1.165) is 48.2 Å². The Bertz CT molecular complexity index is 737. The minimum absolute atomic E-state index is 0.683. The smallest absolute Gasteiger partial charge is 0.128 e. The third-order valence-corrected chi connectivity index (χ3v) is 7.80. The third kappa shape index (κ3) is 6.82. The normalized spacial score (nSPS) is 29.9. The van der Waals surface area contributed by atoms with Gasteiger partial charge in [-0.3, -0.25) is 0 Å². The predicted molar refractivity (Wildman–Crippen MR) is 132 cm³/mol. The Labute approximate surface area is 194 Å². The van der Waals surface area contributed by atoms with Gasteiger partial charge in [0.15, 0.2) is 0 Å². The number of nitrogens with zero attached hydrogens (tertiary/aromatic N) is 4. The Morgan fingerprint density at radius 1 is 0.688 bits per heavy atom. The van der Waals surface area contributed by atoms with Crippen LogP contribution in [0, 0.1) is 35.5 Å². The second-order valence-corrected chi connectivity index (χ2v) is 9.64. The molecular weight excluding hydrogens is 392 g/mol. The summed E-state index contributed by atoms with van der Waals surface area (Å²) in [6.45, 7) is 12.6. The van der Waals surface area contributed by atoms with Crippen molar-refractivity contribution in [2.24, 2.45) is 35.5 Å². The van der Waals surface area contributed by atoms with Gasteiger partial charge in [0.2, 0.25) is 0 Å². The molecule has 2 aromatic rings. The van der Waals surface area contributed by atoms with E-state index in [2.05, 4.69) is 59.1 Å². The fourth-order valence-electron chi connectivity index (χ4n) is 5.56. The monoisotopic (exact) mass is 432 g/mol. The van der Waals surface area contributed by atoms with Gasteiger partial charge in [0.25, 0.3) is 0 Å². The first-order valence-electron chi connectivity index (χ1n) is 12.4. The molecule has 4 rings (SSSR count).